The number of aryl methyl sites for hydroxylation is 1. The van der Waals surface area contributed by atoms with E-state index in [9.17, 15) is 18.4 Å². The number of anilines is 1. The van der Waals surface area contributed by atoms with Gasteiger partial charge in [0, 0.05) is 12.6 Å². The molecule has 8 nitrogen and oxygen atoms in total. The monoisotopic (exact) mass is 377 g/mol. The number of carbonyl (C=O) groups excluding carboxylic acids is 2. The zero-order valence-electron chi connectivity index (χ0n) is 14.5. The van der Waals surface area contributed by atoms with E-state index in [-0.39, 0.29) is 11.4 Å². The second-order valence-corrected chi connectivity index (χ2v) is 5.19. The number of aromatic amines is 1. The molecule has 2 aromatic heterocycles. The van der Waals surface area contributed by atoms with Crippen LogP contribution in [0.2, 0.25) is 0 Å². The Morgan fingerprint density at radius 3 is 2.41 bits per heavy atom. The van der Waals surface area contributed by atoms with Crippen LogP contribution in [-0.4, -0.2) is 33.7 Å². The number of rotatable bonds is 4. The van der Waals surface area contributed by atoms with Crippen LogP contribution >= 0.6 is 0 Å². The van der Waals surface area contributed by atoms with Gasteiger partial charge in [-0.15, -0.1) is 0 Å². The summed E-state index contributed by atoms with van der Waals surface area (Å²) >= 11 is 0. The van der Waals surface area contributed by atoms with Crippen molar-refractivity contribution >= 4 is 17.5 Å². The number of carbonyl (C=O) groups is 2. The van der Waals surface area contributed by atoms with Gasteiger partial charge in [-0.3, -0.25) is 14.7 Å². The lowest BCUT2D eigenvalue weighted by atomic mass is 10.2. The second-order valence-electron chi connectivity index (χ2n) is 5.19. The lowest BCUT2D eigenvalue weighted by Gasteiger charge is -2.07. The van der Waals surface area contributed by atoms with Crippen LogP contribution in [0.3, 0.4) is 0 Å². The lowest BCUT2D eigenvalue weighted by molar-refractivity contribution is 0.0951. The van der Waals surface area contributed by atoms with Crippen molar-refractivity contribution in [3.8, 4) is 0 Å². The Kier molecular flexibility index (Phi) is 6.75. The number of benzene rings is 1. The minimum Gasteiger partial charge on any atom is -0.362 e. The molecule has 0 spiro atoms. The molecule has 0 aliphatic rings. The van der Waals surface area contributed by atoms with Crippen LogP contribution in [0.4, 0.5) is 14.5 Å². The summed E-state index contributed by atoms with van der Waals surface area (Å²) in [7, 11) is 0. The molecule has 142 valence electrons. The predicted octanol–water partition coefficient (Wildman–Crippen LogP) is 2.67. The highest BCUT2D eigenvalue weighted by atomic mass is 19.1. The first-order chi connectivity index (χ1) is 12.9. The average Bonchev–Trinajstić information content (AvgIpc) is 3.27. The zero-order chi connectivity index (χ0) is 19.8. The van der Waals surface area contributed by atoms with Crippen LogP contribution in [0, 0.1) is 18.6 Å². The van der Waals surface area contributed by atoms with Gasteiger partial charge >= 0.3 is 0 Å². The number of amides is 2. The third-order valence-corrected chi connectivity index (χ3v) is 3.21. The quantitative estimate of drug-likeness (QED) is 0.647. The third kappa shape index (κ3) is 5.21. The largest absolute Gasteiger partial charge is 0.362 e. The van der Waals surface area contributed by atoms with E-state index in [4.69, 9.17) is 0 Å². The molecule has 3 aromatic rings. The smallest absolute Gasteiger partial charge is 0.271 e. The maximum absolute atomic E-state index is 13.5. The summed E-state index contributed by atoms with van der Waals surface area (Å²) in [5.41, 5.74) is -0.684. The average molecular weight is 377 g/mol. The molecule has 27 heavy (non-hydrogen) atoms. The molecule has 0 unspecified atom stereocenters. The van der Waals surface area contributed by atoms with Crippen LogP contribution in [0.1, 0.15) is 33.5 Å². The van der Waals surface area contributed by atoms with E-state index in [1.165, 1.54) is 6.20 Å². The van der Waals surface area contributed by atoms with Gasteiger partial charge in [-0.05, 0) is 26.0 Å². The summed E-state index contributed by atoms with van der Waals surface area (Å²) in [6, 6.07) is 4.90. The molecule has 0 aliphatic carbocycles. The van der Waals surface area contributed by atoms with Crippen molar-refractivity contribution < 1.29 is 22.9 Å². The van der Waals surface area contributed by atoms with E-state index in [2.05, 4.69) is 30.5 Å². The Balaban J connectivity index is 0.000000369. The summed E-state index contributed by atoms with van der Waals surface area (Å²) in [5, 5.41) is 14.3. The molecule has 0 aliphatic heterocycles. The highest BCUT2D eigenvalue weighted by Crippen LogP contribution is 2.17. The molecule has 10 heteroatoms. The van der Waals surface area contributed by atoms with Crippen molar-refractivity contribution in [1.29, 1.82) is 0 Å². The molecule has 0 atom stereocenters. The van der Waals surface area contributed by atoms with Gasteiger partial charge in [0.05, 0.1) is 18.1 Å². The van der Waals surface area contributed by atoms with E-state index in [1.54, 1.807) is 19.2 Å². The summed E-state index contributed by atoms with van der Waals surface area (Å²) < 4.78 is 31.6. The van der Waals surface area contributed by atoms with Crippen molar-refractivity contribution in [2.24, 2.45) is 0 Å². The number of halogens is 2. The maximum Gasteiger partial charge on any atom is 0.271 e. The molecule has 0 bridgehead atoms. The van der Waals surface area contributed by atoms with Gasteiger partial charge in [0.2, 0.25) is 0 Å². The van der Waals surface area contributed by atoms with Gasteiger partial charge < -0.3 is 15.2 Å². The third-order valence-electron chi connectivity index (χ3n) is 3.21. The van der Waals surface area contributed by atoms with Crippen LogP contribution in [-0.2, 0) is 0 Å². The Hall–Kier alpha value is -3.56. The SMILES string of the molecule is CCNC(=O)c1[nH]ncc1NC(=O)c1c(F)cccc1F.Cc1ccno1. The molecule has 2 heterocycles. The van der Waals surface area contributed by atoms with Crippen LogP contribution in [0.15, 0.2) is 41.2 Å². The van der Waals surface area contributed by atoms with Gasteiger partial charge in [0.15, 0.2) is 0 Å². The minimum absolute atomic E-state index is 0.00180. The molecule has 3 rings (SSSR count). The second kappa shape index (κ2) is 9.22. The number of hydrogen-bond donors (Lipinski definition) is 3. The number of nitrogens with zero attached hydrogens (tertiary/aromatic N) is 2. The molecule has 0 fully saturated rings. The topological polar surface area (TPSA) is 113 Å². The summed E-state index contributed by atoms with van der Waals surface area (Å²) in [4.78, 5) is 23.6. The first-order valence-corrected chi connectivity index (χ1v) is 7.88. The molecule has 0 saturated carbocycles. The standard InChI is InChI=1S/C13H12F2N4O2.C4H5NO/c1-2-16-13(21)11-9(6-17-19-11)18-12(20)10-7(14)4-3-5-8(10)15;1-4-2-3-5-6-4/h3-6H,2H2,1H3,(H,16,21)(H,17,19)(H,18,20);2-3H,1H3. The molecule has 2 amide bonds. The highest BCUT2D eigenvalue weighted by Gasteiger charge is 2.20. The fraction of sp³-hybridized carbons (Fsp3) is 0.176. The van der Waals surface area contributed by atoms with Crippen molar-refractivity contribution in [3.63, 3.8) is 0 Å². The molecular weight excluding hydrogens is 360 g/mol. The fourth-order valence-corrected chi connectivity index (χ4v) is 1.98. The Morgan fingerprint density at radius 1 is 1.19 bits per heavy atom. The van der Waals surface area contributed by atoms with Crippen molar-refractivity contribution in [2.45, 2.75) is 13.8 Å². The summed E-state index contributed by atoms with van der Waals surface area (Å²) in [6.07, 6.45) is 2.80. The minimum atomic E-state index is -1.00. The van der Waals surface area contributed by atoms with E-state index >= 15 is 0 Å². The Labute approximate surface area is 152 Å². The van der Waals surface area contributed by atoms with E-state index < -0.39 is 29.0 Å². The van der Waals surface area contributed by atoms with E-state index in [0.717, 1.165) is 24.0 Å². The summed E-state index contributed by atoms with van der Waals surface area (Å²) in [6.45, 7) is 3.96. The molecule has 0 saturated heterocycles. The maximum atomic E-state index is 13.5. The first kappa shape index (κ1) is 19.8. The van der Waals surface area contributed by atoms with Crippen molar-refractivity contribution in [1.82, 2.24) is 20.7 Å². The Bertz CT molecular complexity index is 889. The first-order valence-electron chi connectivity index (χ1n) is 7.88. The van der Waals surface area contributed by atoms with Gasteiger partial charge in [-0.1, -0.05) is 11.2 Å². The van der Waals surface area contributed by atoms with Crippen LogP contribution < -0.4 is 10.6 Å². The Morgan fingerprint density at radius 2 is 1.89 bits per heavy atom. The lowest BCUT2D eigenvalue weighted by Crippen LogP contribution is -2.25. The number of H-pyrrole nitrogens is 1. The number of aromatic nitrogens is 3. The zero-order valence-corrected chi connectivity index (χ0v) is 14.5. The van der Waals surface area contributed by atoms with Gasteiger partial charge in [0.1, 0.15) is 28.7 Å². The van der Waals surface area contributed by atoms with Gasteiger partial charge in [0.25, 0.3) is 11.8 Å². The van der Waals surface area contributed by atoms with Crippen molar-refractivity contribution in [3.05, 3.63) is 65.3 Å². The highest BCUT2D eigenvalue weighted by molar-refractivity contribution is 6.08. The van der Waals surface area contributed by atoms with Gasteiger partial charge in [-0.2, -0.15) is 5.10 Å². The van der Waals surface area contributed by atoms with Crippen LogP contribution in [0.5, 0.6) is 0 Å². The van der Waals surface area contributed by atoms with E-state index in [1.807, 2.05) is 6.92 Å². The molecule has 1 aromatic carbocycles. The molecule has 3 N–H and O–H groups in total. The normalized spacial score (nSPS) is 9.93. The van der Waals surface area contributed by atoms with E-state index in [0.29, 0.717) is 6.54 Å². The molecule has 0 radical (unpaired) electrons. The predicted molar refractivity (Wildman–Crippen MR) is 92.1 cm³/mol. The molecular formula is C17H17F2N5O3. The summed E-state index contributed by atoms with van der Waals surface area (Å²) in [5.74, 6) is -2.61. The number of nitrogens with one attached hydrogen (secondary N) is 3. The van der Waals surface area contributed by atoms with Gasteiger partial charge in [-0.25, -0.2) is 8.78 Å². The fourth-order valence-electron chi connectivity index (χ4n) is 1.98. The number of hydrogen-bond acceptors (Lipinski definition) is 5. The van der Waals surface area contributed by atoms with Crippen LogP contribution in [0.25, 0.3) is 0 Å². The van der Waals surface area contributed by atoms with Crippen molar-refractivity contribution in [2.75, 3.05) is 11.9 Å².